The molecule has 7 heteroatoms. The van der Waals surface area contributed by atoms with Crippen molar-refractivity contribution in [1.29, 1.82) is 5.26 Å². The number of nitrogens with one attached hydrogen (secondary N) is 1. The molecule has 6 nitrogen and oxygen atoms in total. The van der Waals surface area contributed by atoms with Gasteiger partial charge in [-0.2, -0.15) is 5.26 Å². The first-order valence-corrected chi connectivity index (χ1v) is 8.69. The van der Waals surface area contributed by atoms with Crippen LogP contribution in [0.25, 0.3) is 6.08 Å². The van der Waals surface area contributed by atoms with Crippen LogP contribution in [0.15, 0.2) is 71.6 Å². The fourth-order valence-electron chi connectivity index (χ4n) is 2.23. The molecule has 2 aromatic rings. The number of amides is 1. The summed E-state index contributed by atoms with van der Waals surface area (Å²) in [6.07, 6.45) is 1.37. The summed E-state index contributed by atoms with van der Waals surface area (Å²) in [4.78, 5) is 24.5. The Morgan fingerprint density at radius 2 is 1.82 bits per heavy atom. The summed E-state index contributed by atoms with van der Waals surface area (Å²) in [5, 5.41) is 22.7. The van der Waals surface area contributed by atoms with E-state index >= 15 is 0 Å². The highest BCUT2D eigenvalue weighted by atomic mass is 35.5. The van der Waals surface area contributed by atoms with Gasteiger partial charge in [0, 0.05) is 10.6 Å². The Kier molecular flexibility index (Phi) is 7.37. The lowest BCUT2D eigenvalue weighted by atomic mass is 10.1. The lowest BCUT2D eigenvalue weighted by molar-refractivity contribution is -0.138. The summed E-state index contributed by atoms with van der Waals surface area (Å²) >= 11 is 6.14. The monoisotopic (exact) mass is 396 g/mol. The van der Waals surface area contributed by atoms with E-state index < -0.39 is 23.2 Å². The van der Waals surface area contributed by atoms with E-state index in [1.165, 1.54) is 6.08 Å². The van der Waals surface area contributed by atoms with Crippen molar-refractivity contribution in [2.24, 2.45) is 0 Å². The third kappa shape index (κ3) is 5.22. The van der Waals surface area contributed by atoms with E-state index in [0.29, 0.717) is 16.1 Å². The van der Waals surface area contributed by atoms with Crippen LogP contribution in [0, 0.1) is 11.3 Å². The molecule has 0 fully saturated rings. The van der Waals surface area contributed by atoms with E-state index in [1.807, 2.05) is 0 Å². The Morgan fingerprint density at radius 1 is 1.18 bits per heavy atom. The van der Waals surface area contributed by atoms with E-state index in [1.54, 1.807) is 67.6 Å². The minimum absolute atomic E-state index is 0.0250. The average Bonchev–Trinajstić information content (AvgIpc) is 2.70. The van der Waals surface area contributed by atoms with Crippen LogP contribution in [0.2, 0.25) is 5.02 Å². The molecule has 0 aliphatic heterocycles. The Bertz CT molecular complexity index is 975. The van der Waals surface area contributed by atoms with Crippen molar-refractivity contribution in [3.05, 3.63) is 87.8 Å². The van der Waals surface area contributed by atoms with E-state index in [9.17, 15) is 20.0 Å². The van der Waals surface area contributed by atoms with E-state index in [4.69, 9.17) is 16.3 Å². The maximum absolute atomic E-state index is 12.5. The first-order valence-electron chi connectivity index (χ1n) is 8.31. The molecule has 0 saturated heterocycles. The number of ether oxygens (including phenoxy) is 1. The summed E-state index contributed by atoms with van der Waals surface area (Å²) in [5.41, 5.74) is 0.00954. The van der Waals surface area contributed by atoms with Crippen LogP contribution in [-0.4, -0.2) is 23.6 Å². The predicted octanol–water partition coefficient (Wildman–Crippen LogP) is 4.01. The molecule has 0 heterocycles. The molecule has 0 radical (unpaired) electrons. The van der Waals surface area contributed by atoms with Crippen molar-refractivity contribution >= 4 is 29.6 Å². The second-order valence-corrected chi connectivity index (χ2v) is 5.86. The molecule has 0 spiro atoms. The highest BCUT2D eigenvalue weighted by Gasteiger charge is 2.21. The van der Waals surface area contributed by atoms with Gasteiger partial charge in [0.05, 0.1) is 12.3 Å². The second-order valence-electron chi connectivity index (χ2n) is 5.46. The topological polar surface area (TPSA) is 99.4 Å². The van der Waals surface area contributed by atoms with Crippen LogP contribution in [-0.2, 0) is 9.53 Å². The summed E-state index contributed by atoms with van der Waals surface area (Å²) in [6, 6.07) is 16.6. The number of aliphatic hydroxyl groups is 1. The van der Waals surface area contributed by atoms with E-state index in [2.05, 4.69) is 5.32 Å². The van der Waals surface area contributed by atoms with Gasteiger partial charge >= 0.3 is 5.97 Å². The Balaban J connectivity index is 2.53. The zero-order chi connectivity index (χ0) is 20.5. The zero-order valence-corrected chi connectivity index (χ0v) is 15.7. The number of carbonyl (C=O) groups is 2. The first-order chi connectivity index (χ1) is 13.5. The van der Waals surface area contributed by atoms with Gasteiger partial charge in [-0.1, -0.05) is 48.0 Å². The van der Waals surface area contributed by atoms with Crippen molar-refractivity contribution in [2.45, 2.75) is 6.92 Å². The first kappa shape index (κ1) is 20.7. The number of hydrogen-bond donors (Lipinski definition) is 2. The van der Waals surface area contributed by atoms with Crippen LogP contribution in [0.5, 0.6) is 0 Å². The minimum atomic E-state index is -0.999. The average molecular weight is 397 g/mol. The van der Waals surface area contributed by atoms with Crippen LogP contribution in [0.4, 0.5) is 0 Å². The Morgan fingerprint density at radius 3 is 2.43 bits per heavy atom. The number of nitriles is 1. The fourth-order valence-corrected chi connectivity index (χ4v) is 2.42. The molecule has 28 heavy (non-hydrogen) atoms. The molecule has 1 amide bonds. The molecule has 142 valence electrons. The van der Waals surface area contributed by atoms with Gasteiger partial charge in [0.1, 0.15) is 6.07 Å². The second kappa shape index (κ2) is 9.95. The summed E-state index contributed by atoms with van der Waals surface area (Å²) in [6.45, 7) is 1.60. The Hall–Kier alpha value is -3.56. The number of hydrogen-bond acceptors (Lipinski definition) is 5. The van der Waals surface area contributed by atoms with Gasteiger partial charge in [-0.3, -0.25) is 4.79 Å². The van der Waals surface area contributed by atoms with Gasteiger partial charge in [0.15, 0.2) is 11.3 Å². The Labute approximate surface area is 167 Å². The molecule has 0 aliphatic carbocycles. The molecule has 0 unspecified atom stereocenters. The van der Waals surface area contributed by atoms with Gasteiger partial charge in [0.2, 0.25) is 0 Å². The molecular weight excluding hydrogens is 380 g/mol. The highest BCUT2D eigenvalue weighted by Crippen LogP contribution is 2.21. The van der Waals surface area contributed by atoms with Gasteiger partial charge in [0.25, 0.3) is 5.91 Å². The third-order valence-corrected chi connectivity index (χ3v) is 3.92. The smallest absolute Gasteiger partial charge is 0.352 e. The molecule has 2 aromatic carbocycles. The molecule has 0 saturated carbocycles. The molecule has 0 aromatic heterocycles. The SMILES string of the molecule is CCOC(=O)/C(C#N)=C(O)\C(=C/c1ccccc1Cl)NC(=O)c1ccccc1. The minimum Gasteiger partial charge on any atom is -0.504 e. The van der Waals surface area contributed by atoms with Gasteiger partial charge in [-0.25, -0.2) is 4.79 Å². The lowest BCUT2D eigenvalue weighted by Crippen LogP contribution is -2.25. The van der Waals surface area contributed by atoms with Crippen molar-refractivity contribution in [1.82, 2.24) is 5.32 Å². The molecule has 0 bridgehead atoms. The molecular formula is C21H17ClN2O4. The maximum Gasteiger partial charge on any atom is 0.352 e. The normalized spacial score (nSPS) is 11.8. The van der Waals surface area contributed by atoms with Crippen LogP contribution in [0.3, 0.4) is 0 Å². The van der Waals surface area contributed by atoms with Crippen molar-refractivity contribution in [3.8, 4) is 6.07 Å². The zero-order valence-electron chi connectivity index (χ0n) is 15.0. The van der Waals surface area contributed by atoms with E-state index in [-0.39, 0.29) is 12.3 Å². The van der Waals surface area contributed by atoms with Crippen LogP contribution < -0.4 is 5.32 Å². The standard InChI is InChI=1S/C21H17ClN2O4/c1-2-28-21(27)16(13-23)19(25)18(12-15-10-6-7-11-17(15)22)24-20(26)14-8-4-3-5-9-14/h3-12,25H,2H2,1H3,(H,24,26)/b18-12+,19-16+. The van der Waals surface area contributed by atoms with Crippen LogP contribution >= 0.6 is 11.6 Å². The number of rotatable bonds is 6. The molecule has 0 aliphatic rings. The van der Waals surface area contributed by atoms with Crippen molar-refractivity contribution in [3.63, 3.8) is 0 Å². The quantitative estimate of drug-likeness (QED) is 0.252. The molecule has 0 atom stereocenters. The number of aliphatic hydroxyl groups excluding tert-OH is 1. The van der Waals surface area contributed by atoms with E-state index in [0.717, 1.165) is 0 Å². The number of carbonyl (C=O) groups excluding carboxylic acids is 2. The third-order valence-electron chi connectivity index (χ3n) is 3.57. The summed E-state index contributed by atoms with van der Waals surface area (Å²) < 4.78 is 4.78. The number of halogens is 1. The highest BCUT2D eigenvalue weighted by molar-refractivity contribution is 6.32. The van der Waals surface area contributed by atoms with Crippen LogP contribution in [0.1, 0.15) is 22.8 Å². The number of benzene rings is 2. The fraction of sp³-hybridized carbons (Fsp3) is 0.0952. The molecule has 2 rings (SSSR count). The predicted molar refractivity (Wildman–Crippen MR) is 105 cm³/mol. The molecule has 2 N–H and O–H groups in total. The number of nitrogens with zero attached hydrogens (tertiary/aromatic N) is 1. The van der Waals surface area contributed by atoms with Crippen molar-refractivity contribution in [2.75, 3.05) is 6.61 Å². The maximum atomic E-state index is 12.5. The van der Waals surface area contributed by atoms with Gasteiger partial charge in [-0.05, 0) is 36.8 Å². The summed E-state index contributed by atoms with van der Waals surface area (Å²) in [7, 11) is 0. The van der Waals surface area contributed by atoms with Gasteiger partial charge in [-0.15, -0.1) is 0 Å². The number of esters is 1. The van der Waals surface area contributed by atoms with Gasteiger partial charge < -0.3 is 15.2 Å². The largest absolute Gasteiger partial charge is 0.504 e. The lowest BCUT2D eigenvalue weighted by Gasteiger charge is -2.12. The van der Waals surface area contributed by atoms with Crippen molar-refractivity contribution < 1.29 is 19.4 Å². The summed E-state index contributed by atoms with van der Waals surface area (Å²) in [5.74, 6) is -2.25.